The lowest BCUT2D eigenvalue weighted by atomic mass is 9.93. The Bertz CT molecular complexity index is 522. The lowest BCUT2D eigenvalue weighted by Crippen LogP contribution is -2.56. The SMILES string of the molecule is CC(=O)NC(=S)NNC(=O)C1(OC(C)CC(C)Cl)C=CC=CC1. The number of allylic oxidation sites excluding steroid dienone is 2. The first-order valence-electron chi connectivity index (χ1n) is 7.29. The molecule has 0 aromatic carbocycles. The van der Waals surface area contributed by atoms with Crippen LogP contribution in [0.4, 0.5) is 0 Å². The van der Waals surface area contributed by atoms with Gasteiger partial charge in [0, 0.05) is 18.7 Å². The molecule has 6 nitrogen and oxygen atoms in total. The third-order valence-electron chi connectivity index (χ3n) is 3.07. The number of nitrogens with one attached hydrogen (secondary N) is 3. The number of hydrogen-bond donors (Lipinski definition) is 3. The van der Waals surface area contributed by atoms with Crippen LogP contribution in [0.1, 0.15) is 33.6 Å². The Morgan fingerprint density at radius 1 is 1.35 bits per heavy atom. The second-order valence-electron chi connectivity index (χ2n) is 5.42. The van der Waals surface area contributed by atoms with Crippen LogP contribution in [0, 0.1) is 0 Å². The highest BCUT2D eigenvalue weighted by molar-refractivity contribution is 7.80. The fourth-order valence-electron chi connectivity index (χ4n) is 2.18. The summed E-state index contributed by atoms with van der Waals surface area (Å²) < 4.78 is 5.96. The molecule has 0 aliphatic heterocycles. The second kappa shape index (κ2) is 9.00. The van der Waals surface area contributed by atoms with Gasteiger partial charge in [-0.1, -0.05) is 18.2 Å². The van der Waals surface area contributed by atoms with E-state index in [2.05, 4.69) is 16.2 Å². The van der Waals surface area contributed by atoms with Crippen molar-refractivity contribution in [3.8, 4) is 0 Å². The highest BCUT2D eigenvalue weighted by Gasteiger charge is 2.38. The van der Waals surface area contributed by atoms with E-state index in [1.165, 1.54) is 6.92 Å². The zero-order valence-corrected chi connectivity index (χ0v) is 15.0. The molecule has 0 fully saturated rings. The van der Waals surface area contributed by atoms with Gasteiger partial charge in [-0.15, -0.1) is 11.6 Å². The van der Waals surface area contributed by atoms with Crippen LogP contribution in [0.25, 0.3) is 0 Å². The molecule has 0 heterocycles. The molecule has 3 atom stereocenters. The summed E-state index contributed by atoms with van der Waals surface area (Å²) >= 11 is 10.9. The first kappa shape index (κ1) is 19.6. The van der Waals surface area contributed by atoms with Gasteiger partial charge in [-0.2, -0.15) is 0 Å². The third-order valence-corrected chi connectivity index (χ3v) is 3.45. The number of alkyl halides is 1. The van der Waals surface area contributed by atoms with Gasteiger partial charge in [-0.3, -0.25) is 20.4 Å². The normalized spacial score (nSPS) is 22.1. The summed E-state index contributed by atoms with van der Waals surface area (Å²) in [4.78, 5) is 23.4. The summed E-state index contributed by atoms with van der Waals surface area (Å²) in [6, 6.07) is 0. The van der Waals surface area contributed by atoms with Crippen molar-refractivity contribution < 1.29 is 14.3 Å². The molecule has 3 unspecified atom stereocenters. The molecule has 8 heteroatoms. The Balaban J connectivity index is 2.71. The first-order valence-corrected chi connectivity index (χ1v) is 8.14. The minimum absolute atomic E-state index is 0.0127. The summed E-state index contributed by atoms with van der Waals surface area (Å²) in [6.45, 7) is 5.07. The van der Waals surface area contributed by atoms with Crippen LogP contribution in [0.3, 0.4) is 0 Å². The molecule has 1 rings (SSSR count). The van der Waals surface area contributed by atoms with Crippen molar-refractivity contribution >= 4 is 40.7 Å². The Morgan fingerprint density at radius 2 is 2.04 bits per heavy atom. The van der Waals surface area contributed by atoms with E-state index in [1.54, 1.807) is 12.2 Å². The van der Waals surface area contributed by atoms with Gasteiger partial charge < -0.3 is 10.1 Å². The van der Waals surface area contributed by atoms with E-state index in [0.29, 0.717) is 12.8 Å². The summed E-state index contributed by atoms with van der Waals surface area (Å²) in [7, 11) is 0. The molecule has 3 N–H and O–H groups in total. The monoisotopic (exact) mass is 359 g/mol. The smallest absolute Gasteiger partial charge is 0.274 e. The molecule has 0 saturated carbocycles. The number of amides is 2. The van der Waals surface area contributed by atoms with Crippen LogP contribution in [-0.4, -0.2) is 34.0 Å². The Kier molecular flexibility index (Phi) is 7.67. The Morgan fingerprint density at radius 3 is 2.57 bits per heavy atom. The van der Waals surface area contributed by atoms with Gasteiger partial charge in [0.2, 0.25) is 5.91 Å². The van der Waals surface area contributed by atoms with Gasteiger partial charge >= 0.3 is 0 Å². The molecule has 0 saturated heterocycles. The molecule has 1 aliphatic rings. The third kappa shape index (κ3) is 6.68. The average Bonchev–Trinajstić information content (AvgIpc) is 2.43. The molecule has 0 spiro atoms. The number of thiocarbonyl (C=S) groups is 1. The number of carbonyl (C=O) groups is 2. The highest BCUT2D eigenvalue weighted by atomic mass is 35.5. The molecule has 0 aromatic heterocycles. The molecular formula is C15H22ClN3O3S. The van der Waals surface area contributed by atoms with Gasteiger partial charge in [-0.25, -0.2) is 0 Å². The topological polar surface area (TPSA) is 79.5 Å². The molecule has 0 bridgehead atoms. The van der Waals surface area contributed by atoms with Crippen molar-refractivity contribution in [1.29, 1.82) is 0 Å². The largest absolute Gasteiger partial charge is 0.358 e. The van der Waals surface area contributed by atoms with E-state index >= 15 is 0 Å². The molecule has 0 aromatic rings. The van der Waals surface area contributed by atoms with Crippen molar-refractivity contribution in [2.45, 2.75) is 50.7 Å². The summed E-state index contributed by atoms with van der Waals surface area (Å²) in [5.74, 6) is -0.729. The first-order chi connectivity index (χ1) is 10.7. The van der Waals surface area contributed by atoms with E-state index < -0.39 is 11.5 Å². The van der Waals surface area contributed by atoms with E-state index in [4.69, 9.17) is 28.6 Å². The number of hydrogen-bond acceptors (Lipinski definition) is 4. The number of ether oxygens (including phenoxy) is 1. The van der Waals surface area contributed by atoms with Crippen LogP contribution in [-0.2, 0) is 14.3 Å². The van der Waals surface area contributed by atoms with Crippen LogP contribution in [0.2, 0.25) is 0 Å². The van der Waals surface area contributed by atoms with Gasteiger partial charge in [0.25, 0.3) is 5.91 Å². The Hall–Kier alpha value is -1.44. The van der Waals surface area contributed by atoms with Crippen molar-refractivity contribution in [2.24, 2.45) is 0 Å². The molecule has 0 radical (unpaired) electrons. The van der Waals surface area contributed by atoms with Gasteiger partial charge in [-0.05, 0) is 38.6 Å². The number of hydrazine groups is 1. The maximum absolute atomic E-state index is 12.5. The average molecular weight is 360 g/mol. The van der Waals surface area contributed by atoms with Crippen molar-refractivity contribution in [2.75, 3.05) is 0 Å². The maximum Gasteiger partial charge on any atom is 0.274 e. The molecular weight excluding hydrogens is 338 g/mol. The predicted octanol–water partition coefficient (Wildman–Crippen LogP) is 1.71. The van der Waals surface area contributed by atoms with Crippen molar-refractivity contribution in [3.63, 3.8) is 0 Å². The molecule has 1 aliphatic carbocycles. The fraction of sp³-hybridized carbons (Fsp3) is 0.533. The van der Waals surface area contributed by atoms with E-state index in [1.807, 2.05) is 26.0 Å². The Labute approximate surface area is 146 Å². The number of rotatable bonds is 5. The predicted molar refractivity (Wildman–Crippen MR) is 93.8 cm³/mol. The second-order valence-corrected chi connectivity index (χ2v) is 6.57. The van der Waals surface area contributed by atoms with Crippen LogP contribution in [0.15, 0.2) is 24.3 Å². The summed E-state index contributed by atoms with van der Waals surface area (Å²) in [6.07, 6.45) is 7.96. The lowest BCUT2D eigenvalue weighted by Gasteiger charge is -2.33. The van der Waals surface area contributed by atoms with Crippen LogP contribution in [0.5, 0.6) is 0 Å². The van der Waals surface area contributed by atoms with Gasteiger partial charge in [0.1, 0.15) is 0 Å². The van der Waals surface area contributed by atoms with Crippen molar-refractivity contribution in [1.82, 2.24) is 16.2 Å². The quantitative estimate of drug-likeness (QED) is 0.395. The van der Waals surface area contributed by atoms with E-state index in [-0.39, 0.29) is 22.5 Å². The molecule has 128 valence electrons. The highest BCUT2D eigenvalue weighted by Crippen LogP contribution is 2.26. The maximum atomic E-state index is 12.5. The summed E-state index contributed by atoms with van der Waals surface area (Å²) in [5.41, 5.74) is 3.81. The minimum Gasteiger partial charge on any atom is -0.358 e. The van der Waals surface area contributed by atoms with Crippen LogP contribution < -0.4 is 16.2 Å². The van der Waals surface area contributed by atoms with Gasteiger partial charge in [0.05, 0.1) is 6.10 Å². The van der Waals surface area contributed by atoms with Crippen LogP contribution >= 0.6 is 23.8 Å². The zero-order valence-electron chi connectivity index (χ0n) is 13.4. The standard InChI is InChI=1S/C15H22ClN3O3S/c1-10(16)9-11(2)22-15(7-5-4-6-8-15)13(21)18-19-14(23)17-12(3)20/h4-7,10-11H,8-9H2,1-3H3,(H,18,21)(H2,17,19,20,23). The summed E-state index contributed by atoms with van der Waals surface area (Å²) in [5, 5.41) is 2.31. The van der Waals surface area contributed by atoms with Gasteiger partial charge in [0.15, 0.2) is 10.7 Å². The van der Waals surface area contributed by atoms with Crippen molar-refractivity contribution in [3.05, 3.63) is 24.3 Å². The van der Waals surface area contributed by atoms with E-state index in [9.17, 15) is 9.59 Å². The zero-order chi connectivity index (χ0) is 17.5. The fourth-order valence-corrected chi connectivity index (χ4v) is 2.63. The number of halogens is 1. The lowest BCUT2D eigenvalue weighted by molar-refractivity contribution is -0.147. The van der Waals surface area contributed by atoms with E-state index in [0.717, 1.165) is 0 Å². The molecule has 23 heavy (non-hydrogen) atoms. The molecule has 2 amide bonds. The minimum atomic E-state index is -1.14. The number of carbonyl (C=O) groups excluding carboxylic acids is 2.